The number of urea groups is 1. The molecule has 6 heteroatoms. The molecule has 132 valence electrons. The van der Waals surface area contributed by atoms with Crippen molar-refractivity contribution in [3.63, 3.8) is 0 Å². The van der Waals surface area contributed by atoms with E-state index in [2.05, 4.69) is 22.3 Å². The predicted molar refractivity (Wildman–Crippen MR) is 98.8 cm³/mol. The Balaban J connectivity index is 1.60. The molecule has 0 atom stereocenters. The molecule has 1 saturated heterocycles. The van der Waals surface area contributed by atoms with Crippen molar-refractivity contribution in [2.45, 2.75) is 0 Å². The molecule has 1 heterocycles. The SMILES string of the molecule is COc1ccc(NC(=O)N2CCN(c3ccccc3)CC2)c(OC)c1. The Kier molecular flexibility index (Phi) is 5.28. The van der Waals surface area contributed by atoms with Crippen LogP contribution in [-0.2, 0) is 0 Å². The average Bonchev–Trinajstić information content (AvgIpc) is 2.69. The molecule has 1 N–H and O–H groups in total. The Morgan fingerprint density at radius 2 is 1.68 bits per heavy atom. The fourth-order valence-electron chi connectivity index (χ4n) is 2.90. The zero-order valence-corrected chi connectivity index (χ0v) is 14.6. The van der Waals surface area contributed by atoms with Gasteiger partial charge in [0.15, 0.2) is 0 Å². The zero-order chi connectivity index (χ0) is 17.6. The highest BCUT2D eigenvalue weighted by atomic mass is 16.5. The van der Waals surface area contributed by atoms with E-state index < -0.39 is 0 Å². The highest BCUT2D eigenvalue weighted by Crippen LogP contribution is 2.29. The quantitative estimate of drug-likeness (QED) is 0.929. The van der Waals surface area contributed by atoms with Crippen molar-refractivity contribution in [2.75, 3.05) is 50.6 Å². The second-order valence-electron chi connectivity index (χ2n) is 5.81. The second-order valence-corrected chi connectivity index (χ2v) is 5.81. The predicted octanol–water partition coefficient (Wildman–Crippen LogP) is 3.06. The van der Waals surface area contributed by atoms with E-state index in [0.717, 1.165) is 13.1 Å². The van der Waals surface area contributed by atoms with Crippen LogP contribution in [0.3, 0.4) is 0 Å². The van der Waals surface area contributed by atoms with Gasteiger partial charge < -0.3 is 24.6 Å². The third-order valence-corrected chi connectivity index (χ3v) is 4.34. The number of amides is 2. The lowest BCUT2D eigenvalue weighted by atomic mass is 10.2. The monoisotopic (exact) mass is 341 g/mol. The molecule has 1 aliphatic rings. The van der Waals surface area contributed by atoms with Gasteiger partial charge in [-0.25, -0.2) is 4.79 Å². The summed E-state index contributed by atoms with van der Waals surface area (Å²) in [6.07, 6.45) is 0. The van der Waals surface area contributed by atoms with Crippen LogP contribution in [0.2, 0.25) is 0 Å². The number of para-hydroxylation sites is 1. The zero-order valence-electron chi connectivity index (χ0n) is 14.6. The van der Waals surface area contributed by atoms with Crippen LogP contribution in [0.4, 0.5) is 16.2 Å². The molecule has 0 bridgehead atoms. The van der Waals surface area contributed by atoms with Gasteiger partial charge in [-0.15, -0.1) is 0 Å². The number of benzene rings is 2. The number of rotatable bonds is 4. The number of carbonyl (C=O) groups is 1. The third-order valence-electron chi connectivity index (χ3n) is 4.34. The van der Waals surface area contributed by atoms with Crippen LogP contribution < -0.4 is 19.7 Å². The van der Waals surface area contributed by atoms with Gasteiger partial charge in [0.25, 0.3) is 0 Å². The van der Waals surface area contributed by atoms with Crippen LogP contribution in [0.25, 0.3) is 0 Å². The molecule has 0 radical (unpaired) electrons. The van der Waals surface area contributed by atoms with Gasteiger partial charge in [0.2, 0.25) is 0 Å². The molecule has 2 aromatic rings. The number of nitrogens with one attached hydrogen (secondary N) is 1. The summed E-state index contributed by atoms with van der Waals surface area (Å²) in [5, 5.41) is 2.92. The van der Waals surface area contributed by atoms with Gasteiger partial charge in [0.05, 0.1) is 19.9 Å². The second kappa shape index (κ2) is 7.79. The molecule has 1 fully saturated rings. The summed E-state index contributed by atoms with van der Waals surface area (Å²) in [5.41, 5.74) is 1.83. The fraction of sp³-hybridized carbons (Fsp3) is 0.316. The van der Waals surface area contributed by atoms with Gasteiger partial charge in [0.1, 0.15) is 11.5 Å². The lowest BCUT2D eigenvalue weighted by Crippen LogP contribution is -2.50. The summed E-state index contributed by atoms with van der Waals surface area (Å²) in [7, 11) is 3.17. The number of ether oxygens (including phenoxy) is 2. The van der Waals surface area contributed by atoms with Crippen molar-refractivity contribution in [1.29, 1.82) is 0 Å². The first kappa shape index (κ1) is 17.0. The van der Waals surface area contributed by atoms with Crippen molar-refractivity contribution < 1.29 is 14.3 Å². The maximum atomic E-state index is 12.5. The molecule has 0 aromatic heterocycles. The first-order valence-corrected chi connectivity index (χ1v) is 8.29. The van der Waals surface area contributed by atoms with E-state index in [1.807, 2.05) is 23.1 Å². The Labute approximate surface area is 147 Å². The molecule has 25 heavy (non-hydrogen) atoms. The smallest absolute Gasteiger partial charge is 0.322 e. The maximum absolute atomic E-state index is 12.5. The van der Waals surface area contributed by atoms with E-state index in [1.54, 1.807) is 32.4 Å². The molecule has 0 saturated carbocycles. The number of nitrogens with zero attached hydrogens (tertiary/aromatic N) is 2. The first-order valence-electron chi connectivity index (χ1n) is 8.29. The van der Waals surface area contributed by atoms with Gasteiger partial charge in [-0.05, 0) is 24.3 Å². The molecule has 0 unspecified atom stereocenters. The maximum Gasteiger partial charge on any atom is 0.322 e. The third kappa shape index (κ3) is 3.96. The molecular formula is C19H23N3O3. The summed E-state index contributed by atoms with van der Waals surface area (Å²) in [6, 6.07) is 15.5. The molecule has 0 aliphatic carbocycles. The summed E-state index contributed by atoms with van der Waals surface area (Å²) < 4.78 is 10.5. The molecule has 0 spiro atoms. The van der Waals surface area contributed by atoms with Crippen LogP contribution in [0.15, 0.2) is 48.5 Å². The van der Waals surface area contributed by atoms with Crippen molar-refractivity contribution >= 4 is 17.4 Å². The topological polar surface area (TPSA) is 54.0 Å². The lowest BCUT2D eigenvalue weighted by molar-refractivity contribution is 0.208. The Morgan fingerprint density at radius 3 is 2.32 bits per heavy atom. The number of hydrogen-bond acceptors (Lipinski definition) is 4. The van der Waals surface area contributed by atoms with Crippen LogP contribution in [-0.4, -0.2) is 51.3 Å². The van der Waals surface area contributed by atoms with Crippen molar-refractivity contribution in [3.05, 3.63) is 48.5 Å². The summed E-state index contributed by atoms with van der Waals surface area (Å²) >= 11 is 0. The molecule has 1 aliphatic heterocycles. The van der Waals surface area contributed by atoms with Crippen LogP contribution in [0.1, 0.15) is 0 Å². The Hall–Kier alpha value is -2.89. The van der Waals surface area contributed by atoms with Gasteiger partial charge in [-0.3, -0.25) is 0 Å². The molecule has 3 rings (SSSR count). The number of piperazine rings is 1. The fourth-order valence-corrected chi connectivity index (χ4v) is 2.90. The van der Waals surface area contributed by atoms with Crippen molar-refractivity contribution in [3.8, 4) is 11.5 Å². The van der Waals surface area contributed by atoms with Gasteiger partial charge in [0, 0.05) is 37.9 Å². The van der Waals surface area contributed by atoms with Crippen LogP contribution in [0.5, 0.6) is 11.5 Å². The summed E-state index contributed by atoms with van der Waals surface area (Å²) in [4.78, 5) is 16.7. The normalized spacial score (nSPS) is 14.2. The molecule has 2 aromatic carbocycles. The Bertz CT molecular complexity index is 713. The van der Waals surface area contributed by atoms with E-state index in [0.29, 0.717) is 30.3 Å². The molecule has 2 amide bonds. The highest BCUT2D eigenvalue weighted by Gasteiger charge is 2.22. The summed E-state index contributed by atoms with van der Waals surface area (Å²) in [5.74, 6) is 1.27. The minimum atomic E-state index is -0.115. The number of hydrogen-bond donors (Lipinski definition) is 1. The van der Waals surface area contributed by atoms with Gasteiger partial charge >= 0.3 is 6.03 Å². The van der Waals surface area contributed by atoms with Crippen molar-refractivity contribution in [2.24, 2.45) is 0 Å². The number of anilines is 2. The highest BCUT2D eigenvalue weighted by molar-refractivity contribution is 5.91. The lowest BCUT2D eigenvalue weighted by Gasteiger charge is -2.36. The first-order chi connectivity index (χ1) is 12.2. The Morgan fingerprint density at radius 1 is 0.960 bits per heavy atom. The molecule has 6 nitrogen and oxygen atoms in total. The van der Waals surface area contributed by atoms with Crippen LogP contribution in [0, 0.1) is 0 Å². The van der Waals surface area contributed by atoms with Crippen LogP contribution >= 0.6 is 0 Å². The minimum Gasteiger partial charge on any atom is -0.497 e. The molecular weight excluding hydrogens is 318 g/mol. The minimum absolute atomic E-state index is 0.115. The van der Waals surface area contributed by atoms with E-state index in [4.69, 9.17) is 9.47 Å². The van der Waals surface area contributed by atoms with E-state index in [9.17, 15) is 4.79 Å². The van der Waals surface area contributed by atoms with E-state index >= 15 is 0 Å². The average molecular weight is 341 g/mol. The summed E-state index contributed by atoms with van der Waals surface area (Å²) in [6.45, 7) is 2.99. The largest absolute Gasteiger partial charge is 0.497 e. The van der Waals surface area contributed by atoms with Gasteiger partial charge in [-0.1, -0.05) is 18.2 Å². The number of methoxy groups -OCH3 is 2. The van der Waals surface area contributed by atoms with E-state index in [1.165, 1.54) is 5.69 Å². The van der Waals surface area contributed by atoms with E-state index in [-0.39, 0.29) is 6.03 Å². The van der Waals surface area contributed by atoms with Crippen molar-refractivity contribution in [1.82, 2.24) is 4.90 Å². The standard InChI is InChI=1S/C19H23N3O3/c1-24-16-8-9-17(18(14-16)25-2)20-19(23)22-12-10-21(11-13-22)15-6-4-3-5-7-15/h3-9,14H,10-13H2,1-2H3,(H,20,23). The number of carbonyl (C=O) groups excluding carboxylic acids is 1. The van der Waals surface area contributed by atoms with Gasteiger partial charge in [-0.2, -0.15) is 0 Å².